The number of H-pyrrole nitrogens is 1. The van der Waals surface area contributed by atoms with Crippen molar-refractivity contribution in [2.24, 2.45) is 0 Å². The molecule has 0 radical (unpaired) electrons. The minimum atomic E-state index is -5.08. The first kappa shape index (κ1) is 28.9. The van der Waals surface area contributed by atoms with Crippen LogP contribution < -0.4 is 21.3 Å². The number of halogens is 4. The number of aromatic nitrogens is 1. The quantitative estimate of drug-likeness (QED) is 0.291. The number of carboxylic acid groups (broad SMARTS) is 1. The lowest BCUT2D eigenvalue weighted by Gasteiger charge is -2.24. The number of aliphatic carboxylic acids is 1. The first-order valence-corrected chi connectivity index (χ1v) is 12.2. The maximum Gasteiger partial charge on any atom is 0.490 e. The zero-order valence-electron chi connectivity index (χ0n) is 20.3. The molecule has 2 aliphatic heterocycles. The SMILES string of the molecule is Cc1[nH]c(/C(Br)=C2/C(=O)Nc3ccccc32)c(C)c1C(=O)NCCC1CNC(=O)CN1.O=C(O)C(F)(F)F. The number of rotatable bonds is 5. The summed E-state index contributed by atoms with van der Waals surface area (Å²) in [6.07, 6.45) is -4.37. The predicted octanol–water partition coefficient (Wildman–Crippen LogP) is 2.69. The zero-order valence-corrected chi connectivity index (χ0v) is 21.9. The van der Waals surface area contributed by atoms with Gasteiger partial charge in [0.1, 0.15) is 0 Å². The Morgan fingerprint density at radius 2 is 1.84 bits per heavy atom. The van der Waals surface area contributed by atoms with Gasteiger partial charge < -0.3 is 31.4 Å². The highest BCUT2D eigenvalue weighted by Crippen LogP contribution is 2.40. The van der Waals surface area contributed by atoms with E-state index in [4.69, 9.17) is 9.90 Å². The second kappa shape index (κ2) is 11.8. The van der Waals surface area contributed by atoms with Crippen LogP contribution in [0, 0.1) is 13.8 Å². The third-order valence-corrected chi connectivity index (χ3v) is 6.69. The third-order valence-electron chi connectivity index (χ3n) is 5.89. The van der Waals surface area contributed by atoms with Gasteiger partial charge in [-0.3, -0.25) is 14.4 Å². The molecule has 1 atom stereocenters. The molecule has 1 saturated heterocycles. The highest BCUT2D eigenvalue weighted by atomic mass is 79.9. The molecular weight excluding hydrogens is 575 g/mol. The van der Waals surface area contributed by atoms with Crippen LogP contribution in [0.5, 0.6) is 0 Å². The molecule has 0 spiro atoms. The van der Waals surface area contributed by atoms with E-state index in [1.54, 1.807) is 0 Å². The van der Waals surface area contributed by atoms with Crippen LogP contribution in [-0.2, 0) is 14.4 Å². The summed E-state index contributed by atoms with van der Waals surface area (Å²) in [5.41, 5.74) is 4.92. The Morgan fingerprint density at radius 3 is 2.45 bits per heavy atom. The number of fused-ring (bicyclic) bond motifs is 1. The van der Waals surface area contributed by atoms with Crippen molar-refractivity contribution in [1.82, 2.24) is 20.9 Å². The van der Waals surface area contributed by atoms with Crippen molar-refractivity contribution in [2.45, 2.75) is 32.5 Å². The number of piperazine rings is 1. The van der Waals surface area contributed by atoms with Crippen molar-refractivity contribution in [3.05, 3.63) is 52.3 Å². The first-order valence-electron chi connectivity index (χ1n) is 11.4. The van der Waals surface area contributed by atoms with Gasteiger partial charge in [-0.05, 0) is 47.8 Å². The van der Waals surface area contributed by atoms with E-state index in [0.29, 0.717) is 47.4 Å². The predicted molar refractivity (Wildman–Crippen MR) is 137 cm³/mol. The number of anilines is 1. The van der Waals surface area contributed by atoms with Crippen LogP contribution in [0.3, 0.4) is 0 Å². The molecule has 3 amide bonds. The molecule has 1 unspecified atom stereocenters. The van der Waals surface area contributed by atoms with Crippen molar-refractivity contribution >= 4 is 55.4 Å². The second-order valence-electron chi connectivity index (χ2n) is 8.54. The topological polar surface area (TPSA) is 152 Å². The Morgan fingerprint density at radius 1 is 1.18 bits per heavy atom. The largest absolute Gasteiger partial charge is 0.490 e. The van der Waals surface area contributed by atoms with Crippen molar-refractivity contribution < 1.29 is 37.5 Å². The van der Waals surface area contributed by atoms with Crippen LogP contribution >= 0.6 is 15.9 Å². The molecule has 3 heterocycles. The van der Waals surface area contributed by atoms with Gasteiger partial charge in [-0.25, -0.2) is 4.79 Å². The maximum absolute atomic E-state index is 12.9. The number of hydrogen-bond acceptors (Lipinski definition) is 5. The van der Waals surface area contributed by atoms with Crippen molar-refractivity contribution in [3.8, 4) is 0 Å². The molecule has 14 heteroatoms. The van der Waals surface area contributed by atoms with E-state index in [2.05, 4.69) is 42.2 Å². The van der Waals surface area contributed by atoms with Crippen LogP contribution in [0.15, 0.2) is 24.3 Å². The van der Waals surface area contributed by atoms with Crippen LogP contribution in [0.2, 0.25) is 0 Å². The number of carboxylic acids is 1. The van der Waals surface area contributed by atoms with Gasteiger partial charge in [-0.15, -0.1) is 0 Å². The number of alkyl halides is 3. The van der Waals surface area contributed by atoms with E-state index >= 15 is 0 Å². The Balaban J connectivity index is 0.000000505. The monoisotopic (exact) mass is 599 g/mol. The summed E-state index contributed by atoms with van der Waals surface area (Å²) in [5, 5.41) is 18.9. The number of carbonyl (C=O) groups is 4. The van der Waals surface area contributed by atoms with E-state index in [1.807, 2.05) is 38.1 Å². The fourth-order valence-corrected chi connectivity index (χ4v) is 4.82. The van der Waals surface area contributed by atoms with Gasteiger partial charge in [0.05, 0.1) is 27.9 Å². The molecule has 0 aliphatic carbocycles. The average molecular weight is 600 g/mol. The van der Waals surface area contributed by atoms with Crippen LogP contribution in [0.4, 0.5) is 18.9 Å². The van der Waals surface area contributed by atoms with Gasteiger partial charge in [-0.1, -0.05) is 18.2 Å². The van der Waals surface area contributed by atoms with Crippen molar-refractivity contribution in [3.63, 3.8) is 0 Å². The number of carbonyl (C=O) groups excluding carboxylic acids is 3. The van der Waals surface area contributed by atoms with Crippen molar-refractivity contribution in [1.29, 1.82) is 0 Å². The molecule has 10 nitrogen and oxygen atoms in total. The van der Waals surface area contributed by atoms with Gasteiger partial charge in [0.2, 0.25) is 5.91 Å². The van der Waals surface area contributed by atoms with Crippen LogP contribution in [-0.4, -0.2) is 65.6 Å². The molecule has 6 N–H and O–H groups in total. The smallest absolute Gasteiger partial charge is 0.475 e. The Labute approximate surface area is 223 Å². The lowest BCUT2D eigenvalue weighted by Crippen LogP contribution is -2.52. The van der Waals surface area contributed by atoms with E-state index in [0.717, 1.165) is 22.5 Å². The van der Waals surface area contributed by atoms with E-state index < -0.39 is 12.1 Å². The van der Waals surface area contributed by atoms with Gasteiger partial charge >= 0.3 is 12.1 Å². The summed E-state index contributed by atoms with van der Waals surface area (Å²) in [7, 11) is 0. The lowest BCUT2D eigenvalue weighted by atomic mass is 10.0. The average Bonchev–Trinajstić information content (AvgIpc) is 3.34. The number of para-hydroxylation sites is 1. The number of hydrogen-bond donors (Lipinski definition) is 6. The molecule has 4 rings (SSSR count). The van der Waals surface area contributed by atoms with Gasteiger partial charge in [0.25, 0.3) is 11.8 Å². The molecule has 0 saturated carbocycles. The number of nitrogens with one attached hydrogen (secondary N) is 5. The van der Waals surface area contributed by atoms with Crippen LogP contribution in [0.1, 0.15) is 39.3 Å². The first-order chi connectivity index (χ1) is 17.8. The molecule has 204 valence electrons. The van der Waals surface area contributed by atoms with Gasteiger partial charge in [0, 0.05) is 36.1 Å². The number of benzene rings is 1. The molecular formula is C24H25BrF3N5O5. The van der Waals surface area contributed by atoms with Gasteiger partial charge in [0.15, 0.2) is 0 Å². The normalized spacial score (nSPS) is 18.0. The Hall–Kier alpha value is -3.65. The fourth-order valence-electron chi connectivity index (χ4n) is 4.03. The third kappa shape index (κ3) is 6.61. The molecule has 2 aromatic rings. The number of amides is 3. The minimum absolute atomic E-state index is 0.00958. The molecule has 38 heavy (non-hydrogen) atoms. The lowest BCUT2D eigenvalue weighted by molar-refractivity contribution is -0.192. The van der Waals surface area contributed by atoms with Gasteiger partial charge in [-0.2, -0.15) is 13.2 Å². The summed E-state index contributed by atoms with van der Waals surface area (Å²) in [5.74, 6) is -3.12. The summed E-state index contributed by atoms with van der Waals surface area (Å²) in [4.78, 5) is 48.8. The summed E-state index contributed by atoms with van der Waals surface area (Å²) in [6, 6.07) is 7.65. The standard InChI is InChI=1S/C22H24BrN5O3.C2HF3O2/c1-11-17(21(30)24-8-7-13-9-26-16(29)10-25-13)12(2)27-20(11)19(23)18-14-5-3-4-6-15(14)28-22(18)31;3-2(4,5)1(6)7/h3-6,13,25,27H,7-10H2,1-2H3,(H,24,30)(H,26,29)(H,28,31);(H,6,7)/b19-18-;. The fraction of sp³-hybridized carbons (Fsp3) is 0.333. The summed E-state index contributed by atoms with van der Waals surface area (Å²) < 4.78 is 32.4. The minimum Gasteiger partial charge on any atom is -0.475 e. The summed E-state index contributed by atoms with van der Waals surface area (Å²) in [6.45, 7) is 5.07. The van der Waals surface area contributed by atoms with E-state index in [9.17, 15) is 27.6 Å². The molecule has 1 fully saturated rings. The molecule has 1 aromatic heterocycles. The molecule has 0 bridgehead atoms. The highest BCUT2D eigenvalue weighted by molar-refractivity contribution is 9.15. The molecule has 1 aromatic carbocycles. The summed E-state index contributed by atoms with van der Waals surface area (Å²) >= 11 is 3.59. The van der Waals surface area contributed by atoms with Crippen molar-refractivity contribution in [2.75, 3.05) is 25.0 Å². The molecule has 2 aliphatic rings. The number of aromatic amines is 1. The van der Waals surface area contributed by atoms with E-state index in [1.165, 1.54) is 0 Å². The Bertz CT molecular complexity index is 1290. The maximum atomic E-state index is 12.9. The zero-order chi connectivity index (χ0) is 28.2. The van der Waals surface area contributed by atoms with Crippen LogP contribution in [0.25, 0.3) is 10.1 Å². The second-order valence-corrected chi connectivity index (χ2v) is 9.34. The Kier molecular flexibility index (Phi) is 8.99. The van der Waals surface area contributed by atoms with E-state index in [-0.39, 0.29) is 23.8 Å². The number of aryl methyl sites for hydroxylation is 1. The highest BCUT2D eigenvalue weighted by Gasteiger charge is 2.38.